The van der Waals surface area contributed by atoms with Crippen molar-refractivity contribution in [1.82, 2.24) is 89.6 Å². The van der Waals surface area contributed by atoms with E-state index in [4.69, 9.17) is 66.1 Å². The van der Waals surface area contributed by atoms with E-state index in [-0.39, 0.29) is 36.7 Å². The van der Waals surface area contributed by atoms with E-state index in [1.165, 1.54) is 0 Å². The van der Waals surface area contributed by atoms with Gasteiger partial charge in [0.1, 0.15) is 46.5 Å². The third-order valence-corrected chi connectivity index (χ3v) is 20.2. The van der Waals surface area contributed by atoms with Crippen LogP contribution in [0.15, 0.2) is 267 Å². The van der Waals surface area contributed by atoms with E-state index in [0.717, 1.165) is 73.6 Å². The smallest absolute Gasteiger partial charge is 0.251 e. The number of benzene rings is 4. The zero-order chi connectivity index (χ0) is 87.7. The molecule has 32 nitrogen and oxygen atoms in total. The van der Waals surface area contributed by atoms with Crippen molar-refractivity contribution >= 4 is 186 Å². The number of allylic oxidation sites excluding steroid dienone is 4. The third-order valence-electron chi connectivity index (χ3n) is 19.3. The highest BCUT2D eigenvalue weighted by molar-refractivity contribution is 6.32. The van der Waals surface area contributed by atoms with Crippen molar-refractivity contribution in [3.63, 3.8) is 0 Å². The van der Waals surface area contributed by atoms with Gasteiger partial charge in [-0.25, -0.2) is 19.9 Å². The van der Waals surface area contributed by atoms with Crippen molar-refractivity contribution in [2.75, 3.05) is 75.4 Å². The molecule has 4 aromatic carbocycles. The summed E-state index contributed by atoms with van der Waals surface area (Å²) in [5.74, 6) is 4.78. The summed E-state index contributed by atoms with van der Waals surface area (Å²) >= 11 is 24.5. The minimum absolute atomic E-state index is 0.0265. The number of fused-ring (bicyclic) bond motifs is 4. The van der Waals surface area contributed by atoms with Gasteiger partial charge in [0.15, 0.2) is 22.6 Å². The Hall–Kier alpha value is -15.1. The second-order valence-electron chi connectivity index (χ2n) is 28.8. The molecule has 0 radical (unpaired) electrons. The number of hydrogen-bond donors (Lipinski definition) is 13. The lowest BCUT2D eigenvalue weighted by atomic mass is 10.1. The van der Waals surface area contributed by atoms with E-state index >= 15 is 0 Å². The molecule has 0 saturated carbocycles. The summed E-state index contributed by atoms with van der Waals surface area (Å²) in [5.41, 5.74) is 16.0. The number of carbonyl (C=O) groups excluding carboxylic acids is 4. The fourth-order valence-corrected chi connectivity index (χ4v) is 14.3. The minimum Gasteiger partial charge on any atom is -0.395 e. The van der Waals surface area contributed by atoms with E-state index in [0.29, 0.717) is 175 Å². The van der Waals surface area contributed by atoms with Crippen molar-refractivity contribution in [1.29, 1.82) is 0 Å². The van der Waals surface area contributed by atoms with Crippen LogP contribution in [0, 0.1) is 0 Å². The molecule has 10 aromatic heterocycles. The first-order chi connectivity index (χ1) is 61.2. The number of nitrogens with one attached hydrogen (secondary N) is 12. The van der Waals surface area contributed by atoms with Gasteiger partial charge in [-0.3, -0.25) is 29.1 Å². The van der Waals surface area contributed by atoms with Crippen LogP contribution in [-0.2, 0) is 37.0 Å². The lowest BCUT2D eigenvalue weighted by molar-refractivity contribution is -0.119. The number of pyridine rings is 2. The van der Waals surface area contributed by atoms with Gasteiger partial charge in [-0.1, -0.05) is 103 Å². The molecule has 4 aliphatic heterocycles. The molecule has 0 atom stereocenters. The average molecular weight is 1770 g/mol. The Morgan fingerprint density at radius 1 is 0.413 bits per heavy atom. The summed E-state index contributed by atoms with van der Waals surface area (Å²) in [5, 5.41) is 66.9. The Kier molecular flexibility index (Phi) is 27.2. The molecule has 14 aromatic rings. The van der Waals surface area contributed by atoms with Crippen LogP contribution in [0.2, 0.25) is 20.1 Å². The summed E-state index contributed by atoms with van der Waals surface area (Å²) in [6, 6.07) is 44.8. The molecule has 4 amide bonds. The number of carbonyl (C=O) groups is 4. The number of amides is 4. The first kappa shape index (κ1) is 85.9. The number of aliphatic hydroxyl groups is 1. The number of aromatic nitrogens is 14. The molecule has 14 heterocycles. The number of nitrogens with zero attached hydrogens (tertiary/aromatic N) is 14. The van der Waals surface area contributed by atoms with Crippen LogP contribution >= 0.6 is 46.4 Å². The van der Waals surface area contributed by atoms with Gasteiger partial charge in [0, 0.05) is 206 Å². The molecule has 4 aliphatic rings. The lowest BCUT2D eigenvalue weighted by Gasteiger charge is -2.12. The minimum atomic E-state index is -0.166. The molecular weight excluding hydrogens is 1680 g/mol. The summed E-state index contributed by atoms with van der Waals surface area (Å²) in [4.78, 5) is 75.2. The molecule has 18 rings (SSSR count). The molecule has 0 spiro atoms. The summed E-state index contributed by atoms with van der Waals surface area (Å²) in [7, 11) is 0. The van der Waals surface area contributed by atoms with Gasteiger partial charge in [-0.2, -0.15) is 38.5 Å². The molecule has 0 aliphatic carbocycles. The van der Waals surface area contributed by atoms with Gasteiger partial charge in [0.25, 0.3) is 17.7 Å². The highest BCUT2D eigenvalue weighted by Crippen LogP contribution is 2.34. The van der Waals surface area contributed by atoms with Crippen LogP contribution in [0.5, 0.6) is 0 Å². The number of rotatable bonds is 26. The maximum Gasteiger partial charge on any atom is 0.251 e. The SMILES string of the molecule is C=C1C/C(=C\c2cnn3c(NCCO)cc(Nc4cccc(Cl)c4)nc23)C(=O)N1.C=C1C/C(=C\c2cnn3c(NCc4cccnc4)cc(Nc4cccc(Cl)c4)nc23)C(=O)N1.C=C1C/C(=C\c2cnn3c(NCc4ccncc4)cc(Nc4cccc(Cl)c4)nc23)C(=O)N1.C=C1NC(=O)C/C1=C\c1cnn2c(NCCOCC)cc(Nc3cccc(Cl)c3)nc12. The van der Waals surface area contributed by atoms with E-state index in [1.807, 2.05) is 140 Å². The molecule has 0 unspecified atom stereocenters. The van der Waals surface area contributed by atoms with Crippen molar-refractivity contribution in [2.24, 2.45) is 0 Å². The highest BCUT2D eigenvalue weighted by Gasteiger charge is 2.26. The lowest BCUT2D eigenvalue weighted by Crippen LogP contribution is -2.13. The van der Waals surface area contributed by atoms with Crippen molar-refractivity contribution in [3.05, 3.63) is 320 Å². The molecule has 13 N–H and O–H groups in total. The Morgan fingerprint density at radius 2 is 0.778 bits per heavy atom. The van der Waals surface area contributed by atoms with Gasteiger partial charge < -0.3 is 73.6 Å². The topological polar surface area (TPSA) is 389 Å². The Labute approximate surface area is 741 Å². The fraction of sp³-hybridized carbons (Fsp3) is 0.133. The zero-order valence-electron chi connectivity index (χ0n) is 67.7. The van der Waals surface area contributed by atoms with E-state index < -0.39 is 0 Å². The second kappa shape index (κ2) is 39.9. The Balaban J connectivity index is 0.000000130. The Morgan fingerprint density at radius 3 is 1.10 bits per heavy atom. The molecule has 0 bridgehead atoms. The number of ether oxygens (including phenoxy) is 1. The van der Waals surface area contributed by atoms with Crippen LogP contribution in [0.1, 0.15) is 66.0 Å². The van der Waals surface area contributed by atoms with Crippen LogP contribution in [0.4, 0.5) is 69.3 Å². The standard InChI is InChI=1S/2C24H20ClN7O.C22H23ClN6O2.C20H19ClN6O2/c1-15-8-17(24(33)29-15)9-18-14-28-32-22(27-13-16-4-3-7-26-12-16)11-21(31-23(18)32)30-20-6-2-5-19(25)10-20;1-15-9-17(24(33)29-15)10-18-14-28-32-22(27-13-16-5-7-26-8-6-16)12-21(31-23(18)32)30-20-4-2-3-19(25)11-20;1-3-31-8-7-24-20-12-19(27-18-6-4-5-17(23)11-18)28-22-16(13-25-29(20)22)9-15-10-21(30)26-14(15)2;1-12-7-13(20(29)24-12)8-14-11-23-27-18(22-5-6-28)10-17(26-19(14)27)25-16-4-2-3-15(21)9-16/h2-7,9-12,14,27H,1,8,13H2,(H,29,33)(H,30,31);2-8,10-12,14,27H,1,9,13H2,(H,29,33)(H,30,31);4-6,9,11-13,24H,2-3,7-8,10H2,1H3,(H,26,30)(H,27,28);2-4,8-11,22,28H,1,5-7H2,(H,24,29)(H,25,26)/b17-9+;17-10+;15-9+;13-8+. The monoisotopic (exact) mass is 1760 g/mol. The van der Waals surface area contributed by atoms with Crippen LogP contribution in [0.25, 0.3) is 46.9 Å². The first-order valence-corrected chi connectivity index (χ1v) is 41.0. The highest BCUT2D eigenvalue weighted by atomic mass is 35.5. The van der Waals surface area contributed by atoms with Gasteiger partial charge >= 0.3 is 0 Å². The first-order valence-electron chi connectivity index (χ1n) is 39.5. The van der Waals surface area contributed by atoms with Gasteiger partial charge in [0.05, 0.1) is 44.4 Å². The maximum absolute atomic E-state index is 12.2. The quantitative estimate of drug-likeness (QED) is 0.0177. The zero-order valence-corrected chi connectivity index (χ0v) is 70.7. The summed E-state index contributed by atoms with van der Waals surface area (Å²) in [6.45, 7) is 20.7. The van der Waals surface area contributed by atoms with Crippen LogP contribution < -0.4 is 63.8 Å². The van der Waals surface area contributed by atoms with Crippen LogP contribution in [0.3, 0.4) is 0 Å². The number of anilines is 12. The average Bonchev–Trinajstić information content (AvgIpc) is 1.64. The van der Waals surface area contributed by atoms with Gasteiger partial charge in [0.2, 0.25) is 5.91 Å². The predicted octanol–water partition coefficient (Wildman–Crippen LogP) is 16.0. The second-order valence-corrected chi connectivity index (χ2v) is 30.5. The van der Waals surface area contributed by atoms with Gasteiger partial charge in [-0.15, -0.1) is 0 Å². The van der Waals surface area contributed by atoms with Gasteiger partial charge in [-0.05, 0) is 139 Å². The van der Waals surface area contributed by atoms with E-state index in [1.54, 1.807) is 104 Å². The molecule has 36 heteroatoms. The fourth-order valence-electron chi connectivity index (χ4n) is 13.5. The maximum atomic E-state index is 12.2. The summed E-state index contributed by atoms with van der Waals surface area (Å²) in [6.07, 6.45) is 22.8. The summed E-state index contributed by atoms with van der Waals surface area (Å²) < 4.78 is 12.2. The molecule has 636 valence electrons. The number of aliphatic hydroxyl groups excluding tert-OH is 1. The van der Waals surface area contributed by atoms with Crippen molar-refractivity contribution in [3.8, 4) is 0 Å². The predicted molar refractivity (Wildman–Crippen MR) is 494 cm³/mol. The molecule has 4 saturated heterocycles. The number of hydrogen-bond acceptors (Lipinski definition) is 24. The number of halogens is 4. The normalized spacial score (nSPS) is 14.8. The van der Waals surface area contributed by atoms with Crippen LogP contribution in [-0.4, -0.2) is 130 Å². The molecule has 4 fully saturated rings. The van der Waals surface area contributed by atoms with E-state index in [9.17, 15) is 24.3 Å². The molecule has 126 heavy (non-hydrogen) atoms. The molecular formula is C90H82Cl4N26O6. The third kappa shape index (κ3) is 21.9. The van der Waals surface area contributed by atoms with Crippen molar-refractivity contribution < 1.29 is 29.0 Å². The largest absolute Gasteiger partial charge is 0.395 e. The Bertz CT molecular complexity index is 6460. The van der Waals surface area contributed by atoms with E-state index in [2.05, 4.69) is 125 Å². The van der Waals surface area contributed by atoms with Crippen molar-refractivity contribution in [2.45, 2.75) is 45.7 Å².